The molecule has 294 valence electrons. The van der Waals surface area contributed by atoms with Crippen molar-refractivity contribution in [3.05, 3.63) is 0 Å². The van der Waals surface area contributed by atoms with Crippen molar-refractivity contribution in [3.8, 4) is 0 Å². The molecule has 0 fully saturated rings. The zero-order valence-electron chi connectivity index (χ0n) is 33.3. The maximum atomic E-state index is 12.2. The summed E-state index contributed by atoms with van der Waals surface area (Å²) in [6.07, 6.45) is 1.70. The van der Waals surface area contributed by atoms with Crippen molar-refractivity contribution in [2.75, 3.05) is 66.0 Å². The number of aliphatic hydroxyl groups excluding tert-OH is 1. The molecular weight excluding hydrogens is 735 g/mol. The first-order valence-electron chi connectivity index (χ1n) is 18.1. The molecule has 49 heavy (non-hydrogen) atoms. The largest absolute Gasteiger partial charge is 0.500 e. The Hall–Kier alpha value is 0.171. The van der Waals surface area contributed by atoms with E-state index in [2.05, 4.69) is 70.8 Å². The number of carbonyl (C=O) groups is 1. The van der Waals surface area contributed by atoms with Gasteiger partial charge in [-0.3, -0.25) is 0 Å². The van der Waals surface area contributed by atoms with Crippen molar-refractivity contribution in [2.45, 2.75) is 124 Å². The first-order chi connectivity index (χ1) is 22.7. The van der Waals surface area contributed by atoms with E-state index in [1.807, 2.05) is 20.8 Å². The Morgan fingerprint density at radius 1 is 0.571 bits per heavy atom. The van der Waals surface area contributed by atoms with E-state index in [-0.39, 0.29) is 13.2 Å². The van der Waals surface area contributed by atoms with Crippen LogP contribution in [0.3, 0.4) is 0 Å². The molecule has 0 rings (SSSR count). The van der Waals surface area contributed by atoms with E-state index < -0.39 is 57.2 Å². The second-order valence-corrected chi connectivity index (χ2v) is 37.4. The fraction of sp³-hybridized carbons (Fsp3) is 0.967. The van der Waals surface area contributed by atoms with Crippen LogP contribution in [0, 0.1) is 0 Å². The maximum Gasteiger partial charge on any atom is 0.500 e. The van der Waals surface area contributed by atoms with Gasteiger partial charge >= 0.3 is 40.6 Å². The molecule has 0 saturated carbocycles. The molecule has 0 radical (unpaired) electrons. The summed E-state index contributed by atoms with van der Waals surface area (Å²) in [5.41, 5.74) is 0. The second kappa shape index (κ2) is 24.5. The number of hydrogen-bond donors (Lipinski definition) is 2. The van der Waals surface area contributed by atoms with Gasteiger partial charge in [-0.25, -0.2) is 4.79 Å². The molecule has 0 aromatic rings. The van der Waals surface area contributed by atoms with Gasteiger partial charge in [0.25, 0.3) is 0 Å². The minimum Gasteiger partial charge on any atom is -0.447 e. The van der Waals surface area contributed by atoms with Gasteiger partial charge < -0.3 is 54.4 Å². The first kappa shape index (κ1) is 49.2. The highest BCUT2D eigenvalue weighted by Gasteiger charge is 2.48. The van der Waals surface area contributed by atoms with Crippen LogP contribution in [-0.2, 0) is 43.9 Å². The van der Waals surface area contributed by atoms with E-state index in [4.69, 9.17) is 49.1 Å². The smallest absolute Gasteiger partial charge is 0.447 e. The highest BCUT2D eigenvalue weighted by Crippen LogP contribution is 2.32. The number of rotatable bonds is 31. The summed E-state index contributed by atoms with van der Waals surface area (Å²) in [6.45, 7) is 31.2. The van der Waals surface area contributed by atoms with Gasteiger partial charge in [0.15, 0.2) is 16.6 Å². The van der Waals surface area contributed by atoms with Crippen molar-refractivity contribution in [3.63, 3.8) is 0 Å². The number of amides is 1. The molecule has 0 aromatic heterocycles. The average molecular weight is 808 g/mol. The van der Waals surface area contributed by atoms with Crippen LogP contribution in [0.5, 0.6) is 0 Å². The van der Waals surface area contributed by atoms with Crippen LogP contribution in [0.2, 0.25) is 83.6 Å². The molecule has 0 spiro atoms. The molecule has 0 heterocycles. The summed E-state index contributed by atoms with van der Waals surface area (Å²) in [5, 5.41) is 11.9. The Morgan fingerprint density at radius 3 is 1.53 bits per heavy atom. The summed E-state index contributed by atoms with van der Waals surface area (Å²) in [6, 6.07) is 2.11. The predicted molar refractivity (Wildman–Crippen MR) is 209 cm³/mol. The Balaban J connectivity index is 5.05. The first-order valence-corrected chi connectivity index (χ1v) is 34.7. The van der Waals surface area contributed by atoms with Crippen molar-refractivity contribution in [2.24, 2.45) is 0 Å². The van der Waals surface area contributed by atoms with Crippen LogP contribution < -0.4 is 5.32 Å². The van der Waals surface area contributed by atoms with Gasteiger partial charge in [-0.05, 0) is 118 Å². The Bertz CT molecular complexity index is 866. The molecule has 0 aliphatic carbocycles. The number of hydrogen-bond acceptors (Lipinski definition) is 12. The standard InChI is InChI=1S/C30H73NO12Si6/c1-14-37-49(38-15-2,39-16-3)29-17-20-31-30(33)36-26-25-35-23-19-27-47(12,41-45(7,8)9)43-48(13,28-18-22-34-24-21-32)42-46(10,11)40-44(4,5)6/h32H,14-29H2,1-13H3,(H,31,33). The summed E-state index contributed by atoms with van der Waals surface area (Å²) >= 11 is 0. The van der Waals surface area contributed by atoms with Crippen molar-refractivity contribution in [1.82, 2.24) is 5.32 Å². The minimum absolute atomic E-state index is 0.00391. The van der Waals surface area contributed by atoms with Crippen LogP contribution in [-0.4, -0.2) is 128 Å². The zero-order chi connectivity index (χ0) is 37.7. The van der Waals surface area contributed by atoms with Crippen LogP contribution in [0.25, 0.3) is 0 Å². The number of carbonyl (C=O) groups excluding carboxylic acids is 1. The van der Waals surface area contributed by atoms with E-state index in [0.29, 0.717) is 65.3 Å². The second-order valence-electron chi connectivity index (χ2n) is 14.6. The van der Waals surface area contributed by atoms with Gasteiger partial charge in [-0.15, -0.1) is 0 Å². The molecule has 13 nitrogen and oxygen atoms in total. The molecule has 0 aliphatic heterocycles. The van der Waals surface area contributed by atoms with Crippen molar-refractivity contribution in [1.29, 1.82) is 0 Å². The van der Waals surface area contributed by atoms with E-state index >= 15 is 0 Å². The van der Waals surface area contributed by atoms with Crippen LogP contribution in [0.4, 0.5) is 4.79 Å². The van der Waals surface area contributed by atoms with Crippen LogP contribution >= 0.6 is 0 Å². The lowest BCUT2D eigenvalue weighted by Crippen LogP contribution is -2.60. The summed E-state index contributed by atoms with van der Waals surface area (Å²) in [5.74, 6) is 0. The summed E-state index contributed by atoms with van der Waals surface area (Å²) in [4.78, 5) is 12.2. The molecule has 0 aliphatic rings. The van der Waals surface area contributed by atoms with Gasteiger partial charge in [0, 0.05) is 45.6 Å². The van der Waals surface area contributed by atoms with Crippen LogP contribution in [0.15, 0.2) is 0 Å². The third-order valence-corrected chi connectivity index (χ3v) is 27.9. The third kappa shape index (κ3) is 25.7. The Morgan fingerprint density at radius 2 is 1.06 bits per heavy atom. The lowest BCUT2D eigenvalue weighted by molar-refractivity contribution is 0.0689. The number of nitrogens with one attached hydrogen (secondary N) is 1. The van der Waals surface area contributed by atoms with Crippen LogP contribution in [0.1, 0.15) is 40.0 Å². The molecule has 1 amide bonds. The lowest BCUT2D eigenvalue weighted by atomic mass is 10.5. The molecule has 19 heteroatoms. The van der Waals surface area contributed by atoms with E-state index in [0.717, 1.165) is 24.9 Å². The molecule has 2 N–H and O–H groups in total. The molecule has 2 atom stereocenters. The minimum atomic E-state index is -2.76. The number of ether oxygens (including phenoxy) is 3. The molecule has 0 aromatic carbocycles. The SMILES string of the molecule is CCO[Si](CCCNC(=O)OCCOCCC[Si](C)(O[Si](C)(C)C)O[Si](C)(CCCOCCO)O[Si](C)(C)O[Si](C)(C)C)(OCC)OCC. The average Bonchev–Trinajstić information content (AvgIpc) is 2.92. The van der Waals surface area contributed by atoms with Gasteiger partial charge in [0.2, 0.25) is 0 Å². The Kier molecular flexibility index (Phi) is 24.6. The lowest BCUT2D eigenvalue weighted by Gasteiger charge is -2.44. The third-order valence-electron chi connectivity index (χ3n) is 6.52. The van der Waals surface area contributed by atoms with Gasteiger partial charge in [-0.2, -0.15) is 0 Å². The maximum absolute atomic E-state index is 12.2. The highest BCUT2D eigenvalue weighted by atomic mass is 28.5. The topological polar surface area (TPSA) is 142 Å². The normalized spacial score (nSPS) is 15.6. The fourth-order valence-electron chi connectivity index (χ4n) is 5.63. The number of alkyl carbamates (subject to hydrolysis) is 1. The quantitative estimate of drug-likeness (QED) is 0.0581. The van der Waals surface area contributed by atoms with Crippen molar-refractivity contribution >= 4 is 57.2 Å². The van der Waals surface area contributed by atoms with E-state index in [1.165, 1.54) is 0 Å². The fourth-order valence-corrected chi connectivity index (χ4v) is 32.0. The van der Waals surface area contributed by atoms with Crippen molar-refractivity contribution < 1.29 is 53.9 Å². The molecule has 0 bridgehead atoms. The predicted octanol–water partition coefficient (Wildman–Crippen LogP) is 6.54. The molecular formula is C30H73NO12Si6. The summed E-state index contributed by atoms with van der Waals surface area (Å²) < 4.78 is 61.7. The Labute approximate surface area is 305 Å². The number of aliphatic hydroxyl groups is 1. The van der Waals surface area contributed by atoms with E-state index in [1.54, 1.807) is 0 Å². The van der Waals surface area contributed by atoms with Gasteiger partial charge in [0.05, 0.1) is 19.8 Å². The molecule has 0 saturated heterocycles. The monoisotopic (exact) mass is 807 g/mol. The molecule has 2 unspecified atom stereocenters. The van der Waals surface area contributed by atoms with Gasteiger partial charge in [-0.1, -0.05) is 0 Å². The van der Waals surface area contributed by atoms with Gasteiger partial charge in [0.1, 0.15) is 6.61 Å². The summed E-state index contributed by atoms with van der Waals surface area (Å²) in [7, 11) is -14.5. The highest BCUT2D eigenvalue weighted by molar-refractivity contribution is 6.90. The zero-order valence-corrected chi connectivity index (χ0v) is 39.3. The van der Waals surface area contributed by atoms with E-state index in [9.17, 15) is 4.79 Å².